The number of halogens is 1. The molecule has 0 heterocycles. The van der Waals surface area contributed by atoms with Gasteiger partial charge in [-0.3, -0.25) is 4.79 Å². The van der Waals surface area contributed by atoms with Gasteiger partial charge >= 0.3 is 0 Å². The molecular formula is C10H12BrNO. The Balaban J connectivity index is 2.95. The van der Waals surface area contributed by atoms with Crippen LogP contribution in [0.1, 0.15) is 22.3 Å². The van der Waals surface area contributed by atoms with E-state index in [1.54, 1.807) is 0 Å². The van der Waals surface area contributed by atoms with Crippen molar-refractivity contribution in [2.24, 2.45) is 5.73 Å². The summed E-state index contributed by atoms with van der Waals surface area (Å²) in [6.07, 6.45) is 0.419. The van der Waals surface area contributed by atoms with E-state index >= 15 is 0 Å². The molecule has 0 fully saturated rings. The molecule has 0 bridgehead atoms. The number of nitrogens with two attached hydrogens (primary N) is 1. The molecule has 1 rings (SSSR count). The zero-order valence-electron chi connectivity index (χ0n) is 7.51. The number of carbonyl (C=O) groups excluding carboxylic acids is 1. The van der Waals surface area contributed by atoms with Crippen LogP contribution >= 0.6 is 15.9 Å². The molecule has 0 atom stereocenters. The lowest BCUT2D eigenvalue weighted by atomic mass is 10.0. The number of rotatable bonds is 3. The van der Waals surface area contributed by atoms with Crippen molar-refractivity contribution >= 4 is 21.7 Å². The average molecular weight is 242 g/mol. The monoisotopic (exact) mass is 241 g/mol. The average Bonchev–Trinajstić information content (AvgIpc) is 2.04. The van der Waals surface area contributed by atoms with E-state index in [2.05, 4.69) is 15.9 Å². The van der Waals surface area contributed by atoms with Crippen molar-refractivity contribution in [3.63, 3.8) is 0 Å². The second-order valence-corrected chi connectivity index (χ2v) is 3.84. The van der Waals surface area contributed by atoms with E-state index in [1.165, 1.54) is 0 Å². The molecule has 1 aromatic carbocycles. The van der Waals surface area contributed by atoms with Crippen LogP contribution in [0.15, 0.2) is 22.7 Å². The Morgan fingerprint density at radius 1 is 1.54 bits per heavy atom. The van der Waals surface area contributed by atoms with Crippen molar-refractivity contribution in [1.82, 2.24) is 0 Å². The van der Waals surface area contributed by atoms with E-state index in [0.29, 0.717) is 13.0 Å². The first-order chi connectivity index (χ1) is 6.15. The number of benzene rings is 1. The summed E-state index contributed by atoms with van der Waals surface area (Å²) in [4.78, 5) is 11.5. The van der Waals surface area contributed by atoms with E-state index in [4.69, 9.17) is 5.73 Å². The summed E-state index contributed by atoms with van der Waals surface area (Å²) < 4.78 is 0.995. The molecule has 0 aliphatic carbocycles. The minimum Gasteiger partial charge on any atom is -0.330 e. The standard InChI is InChI=1S/C10H12BrNO/c1-7-6-8(11)2-3-9(7)10(13)4-5-12/h2-3,6H,4-5,12H2,1H3. The van der Waals surface area contributed by atoms with Gasteiger partial charge in [0.25, 0.3) is 0 Å². The minimum absolute atomic E-state index is 0.118. The summed E-state index contributed by atoms with van der Waals surface area (Å²) in [7, 11) is 0. The third kappa shape index (κ3) is 2.64. The van der Waals surface area contributed by atoms with Crippen molar-refractivity contribution in [3.8, 4) is 0 Å². The van der Waals surface area contributed by atoms with Crippen LogP contribution in [0.25, 0.3) is 0 Å². The van der Waals surface area contributed by atoms with Crippen LogP contribution in [0.5, 0.6) is 0 Å². The van der Waals surface area contributed by atoms with E-state index in [0.717, 1.165) is 15.6 Å². The summed E-state index contributed by atoms with van der Waals surface area (Å²) >= 11 is 3.35. The third-order valence-electron chi connectivity index (χ3n) is 1.86. The lowest BCUT2D eigenvalue weighted by molar-refractivity contribution is 0.0985. The number of hydrogen-bond acceptors (Lipinski definition) is 2. The van der Waals surface area contributed by atoms with Gasteiger partial charge in [0.15, 0.2) is 5.78 Å². The molecule has 2 nitrogen and oxygen atoms in total. The van der Waals surface area contributed by atoms with Crippen LogP contribution < -0.4 is 5.73 Å². The zero-order valence-corrected chi connectivity index (χ0v) is 9.10. The molecule has 0 aliphatic heterocycles. The molecule has 1 aromatic rings. The first-order valence-electron chi connectivity index (χ1n) is 4.14. The molecule has 0 radical (unpaired) electrons. The van der Waals surface area contributed by atoms with Gasteiger partial charge in [0, 0.05) is 16.5 Å². The molecule has 0 saturated carbocycles. The molecule has 0 amide bonds. The van der Waals surface area contributed by atoms with Gasteiger partial charge < -0.3 is 5.73 Å². The number of carbonyl (C=O) groups is 1. The Hall–Kier alpha value is -0.670. The van der Waals surface area contributed by atoms with Crippen molar-refractivity contribution in [1.29, 1.82) is 0 Å². The SMILES string of the molecule is Cc1cc(Br)ccc1C(=O)CCN. The van der Waals surface area contributed by atoms with E-state index in [1.807, 2.05) is 25.1 Å². The highest BCUT2D eigenvalue weighted by Gasteiger charge is 2.07. The maximum absolute atomic E-state index is 11.5. The molecule has 0 saturated heterocycles. The summed E-state index contributed by atoms with van der Waals surface area (Å²) in [5.41, 5.74) is 7.08. The Morgan fingerprint density at radius 2 is 2.23 bits per heavy atom. The van der Waals surface area contributed by atoms with Crippen LogP contribution in [0, 0.1) is 6.92 Å². The second-order valence-electron chi connectivity index (χ2n) is 2.92. The molecule has 0 aromatic heterocycles. The van der Waals surface area contributed by atoms with Crippen LogP contribution in [0.2, 0.25) is 0 Å². The fourth-order valence-electron chi connectivity index (χ4n) is 1.21. The highest BCUT2D eigenvalue weighted by molar-refractivity contribution is 9.10. The van der Waals surface area contributed by atoms with Crippen molar-refractivity contribution in [2.45, 2.75) is 13.3 Å². The largest absolute Gasteiger partial charge is 0.330 e. The quantitative estimate of drug-likeness (QED) is 0.826. The first kappa shape index (κ1) is 10.4. The molecule has 70 valence electrons. The molecule has 0 aliphatic rings. The van der Waals surface area contributed by atoms with E-state index in [-0.39, 0.29) is 5.78 Å². The Morgan fingerprint density at radius 3 is 2.77 bits per heavy atom. The first-order valence-corrected chi connectivity index (χ1v) is 4.94. The van der Waals surface area contributed by atoms with Gasteiger partial charge in [-0.05, 0) is 31.2 Å². The highest BCUT2D eigenvalue weighted by Crippen LogP contribution is 2.16. The zero-order chi connectivity index (χ0) is 9.84. The maximum Gasteiger partial charge on any atom is 0.164 e. The number of Topliss-reactive ketones (excluding diaryl/α,β-unsaturated/α-hetero) is 1. The topological polar surface area (TPSA) is 43.1 Å². The predicted molar refractivity (Wildman–Crippen MR) is 56.9 cm³/mol. The maximum atomic E-state index is 11.5. The van der Waals surface area contributed by atoms with Crippen molar-refractivity contribution in [3.05, 3.63) is 33.8 Å². The van der Waals surface area contributed by atoms with Crippen LogP contribution in [0.3, 0.4) is 0 Å². The van der Waals surface area contributed by atoms with Gasteiger partial charge in [0.1, 0.15) is 0 Å². The lowest BCUT2D eigenvalue weighted by Gasteiger charge is -2.03. The van der Waals surface area contributed by atoms with E-state index in [9.17, 15) is 4.79 Å². The summed E-state index contributed by atoms with van der Waals surface area (Å²) in [5.74, 6) is 0.118. The molecular weight excluding hydrogens is 230 g/mol. The Labute approximate surface area is 86.3 Å². The fourth-order valence-corrected chi connectivity index (χ4v) is 1.68. The third-order valence-corrected chi connectivity index (χ3v) is 2.35. The molecule has 0 spiro atoms. The summed E-state index contributed by atoms with van der Waals surface area (Å²) in [6.45, 7) is 2.34. The number of aryl methyl sites for hydroxylation is 1. The number of ketones is 1. The highest BCUT2D eigenvalue weighted by atomic mass is 79.9. The van der Waals surface area contributed by atoms with Gasteiger partial charge in [-0.25, -0.2) is 0 Å². The molecule has 13 heavy (non-hydrogen) atoms. The lowest BCUT2D eigenvalue weighted by Crippen LogP contribution is -2.09. The normalized spacial score (nSPS) is 10.1. The van der Waals surface area contributed by atoms with Crippen molar-refractivity contribution < 1.29 is 4.79 Å². The molecule has 0 unspecified atom stereocenters. The minimum atomic E-state index is 0.118. The van der Waals surface area contributed by atoms with Crippen molar-refractivity contribution in [2.75, 3.05) is 6.54 Å². The fraction of sp³-hybridized carbons (Fsp3) is 0.300. The van der Waals surface area contributed by atoms with Gasteiger partial charge in [-0.2, -0.15) is 0 Å². The van der Waals surface area contributed by atoms with Crippen LogP contribution in [0.4, 0.5) is 0 Å². The summed E-state index contributed by atoms with van der Waals surface area (Å²) in [6, 6.07) is 5.64. The predicted octanol–water partition coefficient (Wildman–Crippen LogP) is 2.29. The Bertz CT molecular complexity index is 323. The molecule has 2 N–H and O–H groups in total. The van der Waals surface area contributed by atoms with Crippen LogP contribution in [-0.2, 0) is 0 Å². The van der Waals surface area contributed by atoms with Gasteiger partial charge in [0.05, 0.1) is 0 Å². The molecule has 3 heteroatoms. The smallest absolute Gasteiger partial charge is 0.164 e. The van der Waals surface area contributed by atoms with E-state index < -0.39 is 0 Å². The second kappa shape index (κ2) is 4.53. The Kier molecular flexibility index (Phi) is 3.63. The van der Waals surface area contributed by atoms with Gasteiger partial charge in [-0.15, -0.1) is 0 Å². The van der Waals surface area contributed by atoms with Gasteiger partial charge in [-0.1, -0.05) is 22.0 Å². The van der Waals surface area contributed by atoms with Crippen LogP contribution in [-0.4, -0.2) is 12.3 Å². The number of hydrogen-bond donors (Lipinski definition) is 1. The van der Waals surface area contributed by atoms with Gasteiger partial charge in [0.2, 0.25) is 0 Å². The summed E-state index contributed by atoms with van der Waals surface area (Å²) in [5, 5.41) is 0.